The number of hydrogen-bond acceptors (Lipinski definition) is 0. The van der Waals surface area contributed by atoms with Crippen molar-refractivity contribution in [1.82, 2.24) is 0 Å². The zero-order valence-corrected chi connectivity index (χ0v) is 10.00. The van der Waals surface area contributed by atoms with Crippen molar-refractivity contribution in [3.63, 3.8) is 0 Å². The molecular weight excluding hydrogens is 180 g/mol. The smallest absolute Gasteiger partial charge is 0.00751 e. The molecule has 15 heavy (non-hydrogen) atoms. The van der Waals surface area contributed by atoms with E-state index in [1.54, 1.807) is 5.57 Å². The number of rotatable bonds is 4. The first-order valence-corrected chi connectivity index (χ1v) is 6.22. The zero-order chi connectivity index (χ0) is 10.7. The van der Waals surface area contributed by atoms with Gasteiger partial charge in [0.2, 0.25) is 0 Å². The molecule has 0 aromatic carbocycles. The Balaban J connectivity index is 1.98. The molecular formula is C15H22. The van der Waals surface area contributed by atoms with Crippen molar-refractivity contribution in [2.24, 2.45) is 11.3 Å². The maximum atomic E-state index is 2.50. The van der Waals surface area contributed by atoms with Crippen LogP contribution in [0.3, 0.4) is 0 Å². The van der Waals surface area contributed by atoms with Crippen LogP contribution in [0.2, 0.25) is 0 Å². The summed E-state index contributed by atoms with van der Waals surface area (Å²) < 4.78 is 0. The molecule has 0 N–H and O–H groups in total. The first-order chi connectivity index (χ1) is 7.28. The van der Waals surface area contributed by atoms with E-state index in [4.69, 9.17) is 0 Å². The van der Waals surface area contributed by atoms with Crippen molar-refractivity contribution in [3.8, 4) is 0 Å². The molecule has 2 rings (SSSR count). The van der Waals surface area contributed by atoms with Gasteiger partial charge in [-0.15, -0.1) is 0 Å². The highest BCUT2D eigenvalue weighted by Gasteiger charge is 2.40. The Morgan fingerprint density at radius 3 is 2.80 bits per heavy atom. The standard InChI is InChI=1S/C15H22/c1-3-5-6-13(4-2)11-15-9-7-14(12-15)8-10-15/h3-5,7,9,14H,6,8,10-12H2,1-2H3. The van der Waals surface area contributed by atoms with Crippen LogP contribution in [0.1, 0.15) is 46.0 Å². The molecule has 2 bridgehead atoms. The Bertz CT molecular complexity index is 306. The molecule has 1 fully saturated rings. The fourth-order valence-electron chi connectivity index (χ4n) is 3.09. The van der Waals surface area contributed by atoms with Crippen LogP contribution in [-0.4, -0.2) is 0 Å². The summed E-state index contributed by atoms with van der Waals surface area (Å²) in [5.74, 6) is 0.907. The Labute approximate surface area is 93.8 Å². The quantitative estimate of drug-likeness (QED) is 0.582. The average molecular weight is 202 g/mol. The van der Waals surface area contributed by atoms with Gasteiger partial charge in [-0.25, -0.2) is 0 Å². The van der Waals surface area contributed by atoms with Crippen LogP contribution in [0.25, 0.3) is 0 Å². The van der Waals surface area contributed by atoms with Gasteiger partial charge in [-0.05, 0) is 57.3 Å². The van der Waals surface area contributed by atoms with E-state index in [1.807, 2.05) is 0 Å². The fraction of sp³-hybridized carbons (Fsp3) is 0.600. The second-order valence-corrected chi connectivity index (χ2v) is 5.12. The Morgan fingerprint density at radius 1 is 1.47 bits per heavy atom. The van der Waals surface area contributed by atoms with Crippen LogP contribution in [0, 0.1) is 11.3 Å². The molecule has 2 aliphatic carbocycles. The van der Waals surface area contributed by atoms with Crippen molar-refractivity contribution < 1.29 is 0 Å². The molecule has 0 aromatic rings. The second-order valence-electron chi connectivity index (χ2n) is 5.12. The molecule has 2 unspecified atom stereocenters. The van der Waals surface area contributed by atoms with Crippen LogP contribution in [0.15, 0.2) is 36.0 Å². The van der Waals surface area contributed by atoms with Gasteiger partial charge in [-0.1, -0.05) is 36.0 Å². The summed E-state index contributed by atoms with van der Waals surface area (Å²) in [7, 11) is 0. The Kier molecular flexibility index (Phi) is 3.14. The van der Waals surface area contributed by atoms with Crippen LogP contribution in [-0.2, 0) is 0 Å². The van der Waals surface area contributed by atoms with Crippen LogP contribution < -0.4 is 0 Å². The van der Waals surface area contributed by atoms with Gasteiger partial charge in [0, 0.05) is 0 Å². The van der Waals surface area contributed by atoms with E-state index in [0.29, 0.717) is 5.41 Å². The first-order valence-electron chi connectivity index (χ1n) is 6.22. The molecule has 2 atom stereocenters. The van der Waals surface area contributed by atoms with E-state index in [0.717, 1.165) is 12.3 Å². The molecule has 0 aromatic heterocycles. The van der Waals surface area contributed by atoms with Gasteiger partial charge in [-0.3, -0.25) is 0 Å². The summed E-state index contributed by atoms with van der Waals surface area (Å²) in [5.41, 5.74) is 2.16. The average Bonchev–Trinajstić information content (AvgIpc) is 2.84. The number of hydrogen-bond donors (Lipinski definition) is 0. The molecule has 2 aliphatic rings. The van der Waals surface area contributed by atoms with Gasteiger partial charge in [0.25, 0.3) is 0 Å². The highest BCUT2D eigenvalue weighted by atomic mass is 14.4. The topological polar surface area (TPSA) is 0 Å². The number of allylic oxidation sites excluding steroid dienone is 6. The second kappa shape index (κ2) is 4.38. The van der Waals surface area contributed by atoms with Gasteiger partial charge in [0.1, 0.15) is 0 Å². The highest BCUT2D eigenvalue weighted by Crippen LogP contribution is 2.52. The van der Waals surface area contributed by atoms with E-state index in [9.17, 15) is 0 Å². The molecule has 0 nitrogen and oxygen atoms in total. The molecule has 0 radical (unpaired) electrons. The largest absolute Gasteiger partial charge is 0.0913 e. The molecule has 0 aliphatic heterocycles. The Morgan fingerprint density at radius 2 is 2.33 bits per heavy atom. The van der Waals surface area contributed by atoms with E-state index in [1.165, 1.54) is 25.7 Å². The third-order valence-corrected chi connectivity index (χ3v) is 4.01. The third kappa shape index (κ3) is 2.25. The zero-order valence-electron chi connectivity index (χ0n) is 10.00. The van der Waals surface area contributed by atoms with Gasteiger partial charge in [0.05, 0.1) is 0 Å². The van der Waals surface area contributed by atoms with Crippen LogP contribution in [0.5, 0.6) is 0 Å². The summed E-state index contributed by atoms with van der Waals surface area (Å²) in [6, 6.07) is 0. The maximum absolute atomic E-state index is 2.50. The first kappa shape index (κ1) is 10.7. The lowest BCUT2D eigenvalue weighted by Crippen LogP contribution is -2.12. The van der Waals surface area contributed by atoms with Crippen molar-refractivity contribution in [1.29, 1.82) is 0 Å². The lowest BCUT2D eigenvalue weighted by molar-refractivity contribution is 0.397. The molecule has 0 heteroatoms. The molecule has 0 heterocycles. The Hall–Kier alpha value is -0.780. The molecule has 1 saturated carbocycles. The molecule has 0 spiro atoms. The van der Waals surface area contributed by atoms with Crippen molar-refractivity contribution >= 4 is 0 Å². The van der Waals surface area contributed by atoms with Gasteiger partial charge >= 0.3 is 0 Å². The predicted octanol–water partition coefficient (Wildman–Crippen LogP) is 4.65. The van der Waals surface area contributed by atoms with E-state index < -0.39 is 0 Å². The minimum atomic E-state index is 0.550. The molecule has 0 saturated heterocycles. The van der Waals surface area contributed by atoms with E-state index in [-0.39, 0.29) is 0 Å². The van der Waals surface area contributed by atoms with Crippen molar-refractivity contribution in [3.05, 3.63) is 36.0 Å². The highest BCUT2D eigenvalue weighted by molar-refractivity contribution is 5.21. The third-order valence-electron chi connectivity index (χ3n) is 4.01. The normalized spacial score (nSPS) is 34.5. The minimum Gasteiger partial charge on any atom is -0.0913 e. The summed E-state index contributed by atoms with van der Waals surface area (Å²) in [6.07, 6.45) is 18.4. The summed E-state index contributed by atoms with van der Waals surface area (Å²) in [4.78, 5) is 0. The van der Waals surface area contributed by atoms with Crippen molar-refractivity contribution in [2.45, 2.75) is 46.0 Å². The SMILES string of the molecule is CC=CCC(=CC)CC12C=CC(CC1)C2. The maximum Gasteiger partial charge on any atom is -0.00751 e. The minimum absolute atomic E-state index is 0.550. The van der Waals surface area contributed by atoms with E-state index >= 15 is 0 Å². The number of fused-ring (bicyclic) bond motifs is 2. The summed E-state index contributed by atoms with van der Waals surface area (Å²) >= 11 is 0. The summed E-state index contributed by atoms with van der Waals surface area (Å²) in [6.45, 7) is 4.28. The van der Waals surface area contributed by atoms with Gasteiger partial charge < -0.3 is 0 Å². The van der Waals surface area contributed by atoms with E-state index in [2.05, 4.69) is 44.2 Å². The summed E-state index contributed by atoms with van der Waals surface area (Å²) in [5, 5.41) is 0. The van der Waals surface area contributed by atoms with Crippen LogP contribution >= 0.6 is 0 Å². The lowest BCUT2D eigenvalue weighted by atomic mass is 9.80. The molecule has 0 amide bonds. The van der Waals surface area contributed by atoms with Crippen LogP contribution in [0.4, 0.5) is 0 Å². The lowest BCUT2D eigenvalue weighted by Gasteiger charge is -2.24. The fourth-order valence-corrected chi connectivity index (χ4v) is 3.09. The van der Waals surface area contributed by atoms with Gasteiger partial charge in [0.15, 0.2) is 0 Å². The van der Waals surface area contributed by atoms with Crippen molar-refractivity contribution in [2.75, 3.05) is 0 Å². The predicted molar refractivity (Wildman–Crippen MR) is 66.7 cm³/mol. The monoisotopic (exact) mass is 202 g/mol. The molecule has 82 valence electrons. The van der Waals surface area contributed by atoms with Gasteiger partial charge in [-0.2, -0.15) is 0 Å².